The molecule has 0 aliphatic rings. The van der Waals surface area contributed by atoms with Gasteiger partial charge in [-0.3, -0.25) is 9.59 Å². The van der Waals surface area contributed by atoms with Gasteiger partial charge in [-0.2, -0.15) is 0 Å². The highest BCUT2D eigenvalue weighted by molar-refractivity contribution is 6.03. The van der Waals surface area contributed by atoms with Crippen molar-refractivity contribution in [1.82, 2.24) is 5.32 Å². The normalized spacial score (nSPS) is 11.8. The van der Waals surface area contributed by atoms with Gasteiger partial charge in [-0.25, -0.2) is 0 Å². The second kappa shape index (κ2) is 10.8. The molecule has 0 spiro atoms. The van der Waals surface area contributed by atoms with Gasteiger partial charge in [0.15, 0.2) is 0 Å². The number of anilines is 1. The van der Waals surface area contributed by atoms with Crippen molar-refractivity contribution in [2.45, 2.75) is 46.0 Å². The van der Waals surface area contributed by atoms with E-state index in [-0.39, 0.29) is 11.8 Å². The zero-order chi connectivity index (χ0) is 17.1. The van der Waals surface area contributed by atoms with Gasteiger partial charge in [0.25, 0.3) is 5.91 Å². The Balaban J connectivity index is 2.68. The molecule has 128 valence electrons. The number of benzene rings is 1. The quantitative estimate of drug-likeness (QED) is 0.620. The highest BCUT2D eigenvalue weighted by Gasteiger charge is 2.15. The molecule has 1 rings (SSSR count). The summed E-state index contributed by atoms with van der Waals surface area (Å²) in [5.74, 6) is 0.143. The second-order valence-corrected chi connectivity index (χ2v) is 5.76. The molecule has 0 bridgehead atoms. The smallest absolute Gasteiger partial charge is 0.253 e. The summed E-state index contributed by atoms with van der Waals surface area (Å²) in [5.41, 5.74) is 6.42. The summed E-state index contributed by atoms with van der Waals surface area (Å²) in [6, 6.07) is 7.05. The van der Waals surface area contributed by atoms with Gasteiger partial charge in [-0.15, -0.1) is 0 Å². The van der Waals surface area contributed by atoms with Gasteiger partial charge in [0, 0.05) is 19.5 Å². The number of nitrogens with one attached hydrogen (secondary N) is 2. The zero-order valence-electron chi connectivity index (χ0n) is 14.2. The Kier molecular flexibility index (Phi) is 8.98. The Hall–Kier alpha value is -1.88. The third kappa shape index (κ3) is 6.82. The maximum atomic E-state index is 12.3. The summed E-state index contributed by atoms with van der Waals surface area (Å²) in [7, 11) is 0. The molecule has 0 heterocycles. The van der Waals surface area contributed by atoms with Crippen LogP contribution in [0.2, 0.25) is 0 Å². The lowest BCUT2D eigenvalue weighted by Gasteiger charge is -2.15. The molecule has 1 aromatic carbocycles. The molecular formula is C18H29N3O2. The molecule has 4 N–H and O–H groups in total. The van der Waals surface area contributed by atoms with Crippen molar-refractivity contribution in [3.05, 3.63) is 29.8 Å². The lowest BCUT2D eigenvalue weighted by Crippen LogP contribution is -2.30. The maximum Gasteiger partial charge on any atom is 0.253 e. The van der Waals surface area contributed by atoms with Gasteiger partial charge in [-0.05, 0) is 24.5 Å². The lowest BCUT2D eigenvalue weighted by molar-refractivity contribution is -0.117. The first-order valence-corrected chi connectivity index (χ1v) is 8.49. The zero-order valence-corrected chi connectivity index (χ0v) is 14.2. The molecule has 0 fully saturated rings. The Morgan fingerprint density at radius 3 is 2.61 bits per heavy atom. The highest BCUT2D eigenvalue weighted by atomic mass is 16.2. The van der Waals surface area contributed by atoms with Crippen molar-refractivity contribution in [2.75, 3.05) is 18.4 Å². The van der Waals surface area contributed by atoms with Crippen molar-refractivity contribution < 1.29 is 9.59 Å². The Morgan fingerprint density at radius 2 is 1.96 bits per heavy atom. The van der Waals surface area contributed by atoms with Crippen LogP contribution >= 0.6 is 0 Å². The maximum absolute atomic E-state index is 12.3. The van der Waals surface area contributed by atoms with Crippen LogP contribution in [-0.4, -0.2) is 24.9 Å². The molecule has 0 radical (unpaired) electrons. The number of carbonyl (C=O) groups is 2. The molecule has 1 unspecified atom stereocenters. The number of nitrogens with two attached hydrogens (primary N) is 1. The van der Waals surface area contributed by atoms with Crippen LogP contribution in [0.3, 0.4) is 0 Å². The van der Waals surface area contributed by atoms with E-state index in [1.165, 1.54) is 0 Å². The van der Waals surface area contributed by atoms with E-state index in [1.807, 2.05) is 6.07 Å². The van der Waals surface area contributed by atoms with Crippen molar-refractivity contribution in [2.24, 2.45) is 11.7 Å². The fraction of sp³-hybridized carbons (Fsp3) is 0.556. The van der Waals surface area contributed by atoms with E-state index in [9.17, 15) is 9.59 Å². The summed E-state index contributed by atoms with van der Waals surface area (Å²) in [6.07, 6.45) is 4.84. The third-order valence-electron chi connectivity index (χ3n) is 3.89. The van der Waals surface area contributed by atoms with Crippen LogP contribution in [-0.2, 0) is 4.79 Å². The number of para-hydroxylation sites is 1. The van der Waals surface area contributed by atoms with Crippen LogP contribution in [0, 0.1) is 5.92 Å². The Labute approximate surface area is 139 Å². The van der Waals surface area contributed by atoms with E-state index >= 15 is 0 Å². The van der Waals surface area contributed by atoms with Crippen molar-refractivity contribution in [1.29, 1.82) is 0 Å². The van der Waals surface area contributed by atoms with E-state index in [0.717, 1.165) is 25.7 Å². The predicted octanol–water partition coefficient (Wildman–Crippen LogP) is 2.92. The van der Waals surface area contributed by atoms with Crippen LogP contribution in [0.4, 0.5) is 5.69 Å². The van der Waals surface area contributed by atoms with Crippen molar-refractivity contribution in [3.63, 3.8) is 0 Å². The first-order valence-electron chi connectivity index (χ1n) is 8.49. The van der Waals surface area contributed by atoms with Crippen LogP contribution in [0.1, 0.15) is 56.3 Å². The predicted molar refractivity (Wildman–Crippen MR) is 94.4 cm³/mol. The molecule has 5 nitrogen and oxygen atoms in total. The monoisotopic (exact) mass is 319 g/mol. The molecule has 0 aliphatic heterocycles. The number of unbranched alkanes of at least 4 members (excludes halogenated alkanes) is 1. The van der Waals surface area contributed by atoms with Crippen LogP contribution in [0.25, 0.3) is 0 Å². The molecular weight excluding hydrogens is 290 g/mol. The second-order valence-electron chi connectivity index (χ2n) is 5.76. The molecule has 0 aromatic heterocycles. The topological polar surface area (TPSA) is 84.2 Å². The van der Waals surface area contributed by atoms with Gasteiger partial charge in [0.2, 0.25) is 5.91 Å². The van der Waals surface area contributed by atoms with E-state index in [4.69, 9.17) is 5.73 Å². The SMILES string of the molecule is CCCCC(CC)CC(=O)Nc1ccccc1C(=O)NCCN. The standard InChI is InChI=1S/C18H29N3O2/c1-3-5-8-14(4-2)13-17(22)21-16-10-7-6-9-15(16)18(23)20-12-11-19/h6-7,9-10,14H,3-5,8,11-13,19H2,1-2H3,(H,20,23)(H,21,22). The van der Waals surface area contributed by atoms with Crippen molar-refractivity contribution >= 4 is 17.5 Å². The summed E-state index contributed by atoms with van der Waals surface area (Å²) in [5, 5.41) is 5.60. The summed E-state index contributed by atoms with van der Waals surface area (Å²) in [4.78, 5) is 24.4. The fourth-order valence-corrected chi connectivity index (χ4v) is 2.48. The first kappa shape index (κ1) is 19.2. The van der Waals surface area contributed by atoms with E-state index in [0.29, 0.717) is 36.7 Å². The summed E-state index contributed by atoms with van der Waals surface area (Å²) >= 11 is 0. The van der Waals surface area contributed by atoms with Gasteiger partial charge >= 0.3 is 0 Å². The van der Waals surface area contributed by atoms with E-state index < -0.39 is 0 Å². The molecule has 0 saturated heterocycles. The largest absolute Gasteiger partial charge is 0.351 e. The third-order valence-corrected chi connectivity index (χ3v) is 3.89. The minimum atomic E-state index is -0.218. The first-order chi connectivity index (χ1) is 11.1. The van der Waals surface area contributed by atoms with E-state index in [1.54, 1.807) is 18.2 Å². The van der Waals surface area contributed by atoms with Gasteiger partial charge in [-0.1, -0.05) is 45.2 Å². The molecule has 23 heavy (non-hydrogen) atoms. The fourth-order valence-electron chi connectivity index (χ4n) is 2.48. The minimum absolute atomic E-state index is 0.0352. The van der Waals surface area contributed by atoms with Gasteiger partial charge in [0.05, 0.1) is 11.3 Å². The molecule has 1 aromatic rings. The van der Waals surface area contributed by atoms with Crippen molar-refractivity contribution in [3.8, 4) is 0 Å². The summed E-state index contributed by atoms with van der Waals surface area (Å²) in [6.45, 7) is 5.07. The summed E-state index contributed by atoms with van der Waals surface area (Å²) < 4.78 is 0. The molecule has 5 heteroatoms. The minimum Gasteiger partial charge on any atom is -0.351 e. The number of hydrogen-bond acceptors (Lipinski definition) is 3. The molecule has 1 atom stereocenters. The molecule has 0 saturated carbocycles. The van der Waals surface area contributed by atoms with Gasteiger partial charge in [0.1, 0.15) is 0 Å². The van der Waals surface area contributed by atoms with E-state index in [2.05, 4.69) is 24.5 Å². The highest BCUT2D eigenvalue weighted by Crippen LogP contribution is 2.19. The van der Waals surface area contributed by atoms with Crippen LogP contribution < -0.4 is 16.4 Å². The van der Waals surface area contributed by atoms with Gasteiger partial charge < -0.3 is 16.4 Å². The lowest BCUT2D eigenvalue weighted by atomic mass is 9.95. The Bertz CT molecular complexity index is 503. The Morgan fingerprint density at radius 1 is 1.22 bits per heavy atom. The molecule has 0 aliphatic carbocycles. The number of carbonyl (C=O) groups excluding carboxylic acids is 2. The average Bonchev–Trinajstić information content (AvgIpc) is 2.56. The van der Waals surface area contributed by atoms with Crippen LogP contribution in [0.5, 0.6) is 0 Å². The molecule has 2 amide bonds. The number of rotatable bonds is 10. The average molecular weight is 319 g/mol. The van der Waals surface area contributed by atoms with Crippen LogP contribution in [0.15, 0.2) is 24.3 Å². The number of amides is 2. The number of hydrogen-bond donors (Lipinski definition) is 3.